The zero-order valence-electron chi connectivity index (χ0n) is 19.4. The van der Waals surface area contributed by atoms with Crippen molar-refractivity contribution in [3.8, 4) is 17.2 Å². The van der Waals surface area contributed by atoms with Crippen molar-refractivity contribution in [1.29, 1.82) is 0 Å². The van der Waals surface area contributed by atoms with E-state index in [1.54, 1.807) is 32.9 Å². The molecule has 0 heterocycles. The summed E-state index contributed by atoms with van der Waals surface area (Å²) in [7, 11) is 4.36. The number of hydrogen-bond acceptors (Lipinski definition) is 8. The highest BCUT2D eigenvalue weighted by Crippen LogP contribution is 2.33. The predicted octanol–water partition coefficient (Wildman–Crippen LogP) is 1.45. The number of carbonyl (C=O) groups excluding carboxylic acids is 2. The number of carboxylic acids is 1. The van der Waals surface area contributed by atoms with E-state index in [2.05, 4.69) is 10.6 Å². The van der Waals surface area contributed by atoms with Crippen molar-refractivity contribution in [3.63, 3.8) is 0 Å². The minimum atomic E-state index is -1.95. The molecule has 4 N–H and O–H groups in total. The van der Waals surface area contributed by atoms with Crippen LogP contribution in [0, 0.1) is 0 Å². The molecular formula is C21H32N2O9. The molecule has 1 unspecified atom stereocenters. The molecule has 0 bridgehead atoms. The van der Waals surface area contributed by atoms with Gasteiger partial charge in [0, 0.05) is 18.6 Å². The molecule has 1 aromatic carbocycles. The molecule has 0 aliphatic carbocycles. The van der Waals surface area contributed by atoms with E-state index < -0.39 is 41.6 Å². The number of aliphatic hydroxyl groups is 1. The lowest BCUT2D eigenvalue weighted by atomic mass is 9.94. The van der Waals surface area contributed by atoms with Crippen LogP contribution in [0.5, 0.6) is 17.2 Å². The first-order valence-electron chi connectivity index (χ1n) is 9.75. The van der Waals surface area contributed by atoms with E-state index in [1.807, 2.05) is 0 Å². The summed E-state index contributed by atoms with van der Waals surface area (Å²) in [5, 5.41) is 24.6. The van der Waals surface area contributed by atoms with Crippen molar-refractivity contribution in [2.45, 2.75) is 57.9 Å². The summed E-state index contributed by atoms with van der Waals surface area (Å²) in [6.07, 6.45) is -3.31. The van der Waals surface area contributed by atoms with Gasteiger partial charge in [-0.2, -0.15) is 0 Å². The van der Waals surface area contributed by atoms with Gasteiger partial charge in [-0.3, -0.25) is 4.79 Å². The number of rotatable bonds is 10. The Balaban J connectivity index is 2.91. The number of amides is 2. The van der Waals surface area contributed by atoms with Gasteiger partial charge in [-0.05, 0) is 27.7 Å². The molecule has 32 heavy (non-hydrogen) atoms. The summed E-state index contributed by atoms with van der Waals surface area (Å²) >= 11 is 0. The van der Waals surface area contributed by atoms with Crippen molar-refractivity contribution in [3.05, 3.63) is 17.7 Å². The summed E-state index contributed by atoms with van der Waals surface area (Å²) in [4.78, 5) is 36.2. The third kappa shape index (κ3) is 7.49. The highest BCUT2D eigenvalue weighted by molar-refractivity contribution is 5.86. The quantitative estimate of drug-likeness (QED) is 0.410. The van der Waals surface area contributed by atoms with E-state index in [-0.39, 0.29) is 6.54 Å². The Morgan fingerprint density at radius 1 is 1.00 bits per heavy atom. The molecule has 0 fully saturated rings. The van der Waals surface area contributed by atoms with Crippen LogP contribution in [0.15, 0.2) is 12.1 Å². The van der Waals surface area contributed by atoms with Crippen LogP contribution < -0.4 is 24.8 Å². The number of nitrogens with one attached hydrogen (secondary N) is 2. The average Bonchev–Trinajstić information content (AvgIpc) is 2.69. The topological polar surface area (TPSA) is 153 Å². The van der Waals surface area contributed by atoms with Crippen molar-refractivity contribution in [1.82, 2.24) is 10.6 Å². The molecule has 0 saturated heterocycles. The van der Waals surface area contributed by atoms with Crippen molar-refractivity contribution >= 4 is 18.0 Å². The molecule has 180 valence electrons. The summed E-state index contributed by atoms with van der Waals surface area (Å²) in [6, 6.07) is 3.21. The Kier molecular flexibility index (Phi) is 9.13. The van der Waals surface area contributed by atoms with Crippen LogP contribution in [-0.4, -0.2) is 66.8 Å². The van der Waals surface area contributed by atoms with E-state index in [0.717, 1.165) is 0 Å². The van der Waals surface area contributed by atoms with Crippen LogP contribution in [0.2, 0.25) is 0 Å². The molecule has 0 spiro atoms. The first-order chi connectivity index (χ1) is 14.8. The lowest BCUT2D eigenvalue weighted by Crippen LogP contribution is -2.56. The van der Waals surface area contributed by atoms with Gasteiger partial charge >= 0.3 is 12.1 Å². The molecule has 0 radical (unpaired) electrons. The molecule has 0 aliphatic heterocycles. The summed E-state index contributed by atoms with van der Waals surface area (Å²) < 4.78 is 20.8. The highest BCUT2D eigenvalue weighted by atomic mass is 16.6. The van der Waals surface area contributed by atoms with Crippen LogP contribution in [0.1, 0.15) is 39.7 Å². The van der Waals surface area contributed by atoms with Gasteiger partial charge in [0.15, 0.2) is 0 Å². The maximum atomic E-state index is 12.4. The van der Waals surface area contributed by atoms with Crippen LogP contribution >= 0.6 is 0 Å². The fraction of sp³-hybridized carbons (Fsp3) is 0.571. The van der Waals surface area contributed by atoms with Gasteiger partial charge in [-0.25, -0.2) is 9.59 Å². The second-order valence-corrected chi connectivity index (χ2v) is 8.21. The fourth-order valence-corrected chi connectivity index (χ4v) is 2.75. The molecule has 2 amide bonds. The predicted molar refractivity (Wildman–Crippen MR) is 114 cm³/mol. The van der Waals surface area contributed by atoms with Gasteiger partial charge in [0.1, 0.15) is 34.5 Å². The van der Waals surface area contributed by atoms with E-state index in [1.165, 1.54) is 28.3 Å². The van der Waals surface area contributed by atoms with Crippen LogP contribution in [0.25, 0.3) is 0 Å². The molecule has 0 saturated carbocycles. The Bertz CT molecular complexity index is 810. The number of ether oxygens (including phenoxy) is 4. The summed E-state index contributed by atoms with van der Waals surface area (Å²) in [5.41, 5.74) is -2.31. The monoisotopic (exact) mass is 456 g/mol. The Labute approximate surface area is 187 Å². The van der Waals surface area contributed by atoms with E-state index >= 15 is 0 Å². The molecule has 0 aromatic heterocycles. The smallest absolute Gasteiger partial charge is 0.408 e. The molecule has 1 aromatic rings. The van der Waals surface area contributed by atoms with Gasteiger partial charge in [0.2, 0.25) is 5.91 Å². The number of carbonyl (C=O) groups is 3. The van der Waals surface area contributed by atoms with Crippen LogP contribution in [-0.2, 0) is 20.9 Å². The van der Waals surface area contributed by atoms with Crippen molar-refractivity contribution in [2.75, 3.05) is 21.3 Å². The number of methoxy groups -OCH3 is 3. The normalized spacial score (nSPS) is 13.9. The van der Waals surface area contributed by atoms with Crippen LogP contribution in [0.3, 0.4) is 0 Å². The third-order valence-corrected chi connectivity index (χ3v) is 4.41. The zero-order chi connectivity index (χ0) is 24.7. The van der Waals surface area contributed by atoms with Gasteiger partial charge in [0.05, 0.1) is 33.4 Å². The Morgan fingerprint density at radius 3 is 1.94 bits per heavy atom. The second-order valence-electron chi connectivity index (χ2n) is 8.21. The van der Waals surface area contributed by atoms with Gasteiger partial charge < -0.3 is 39.8 Å². The van der Waals surface area contributed by atoms with E-state index in [0.29, 0.717) is 22.8 Å². The fourth-order valence-electron chi connectivity index (χ4n) is 2.75. The first kappa shape index (κ1) is 26.8. The van der Waals surface area contributed by atoms with Crippen molar-refractivity contribution < 1.29 is 43.5 Å². The largest absolute Gasteiger partial charge is 0.496 e. The standard InChI is InChI=1S/C21H32N2O9/c1-20(2,3)32-19(28)23-21(4,18(26)27)10-14(24)17(25)22-11-13-15(30-6)8-12(29-5)9-16(13)31-7/h8-9,14,24H,10-11H2,1-7H3,(H,22,25)(H,23,28)(H,26,27)/t14?,21-/m1/s1. The molecule has 2 atom stereocenters. The SMILES string of the molecule is COc1cc(OC)c(CNC(=O)C(O)C[C@@](C)(NC(=O)OC(C)(C)C)C(=O)O)c(OC)c1. The number of alkyl carbamates (subject to hydrolysis) is 1. The minimum absolute atomic E-state index is 0.0739. The minimum Gasteiger partial charge on any atom is -0.496 e. The third-order valence-electron chi connectivity index (χ3n) is 4.41. The maximum Gasteiger partial charge on any atom is 0.408 e. The van der Waals surface area contributed by atoms with Gasteiger partial charge in [0.25, 0.3) is 0 Å². The van der Waals surface area contributed by atoms with E-state index in [4.69, 9.17) is 18.9 Å². The number of aliphatic carboxylic acids is 1. The number of carboxylic acid groups (broad SMARTS) is 1. The first-order valence-corrected chi connectivity index (χ1v) is 9.75. The lowest BCUT2D eigenvalue weighted by molar-refractivity contribution is -0.146. The van der Waals surface area contributed by atoms with Gasteiger partial charge in [-0.1, -0.05) is 0 Å². The average molecular weight is 456 g/mol. The van der Waals surface area contributed by atoms with Gasteiger partial charge in [-0.15, -0.1) is 0 Å². The Morgan fingerprint density at radius 2 is 1.53 bits per heavy atom. The number of benzene rings is 1. The molecule has 0 aliphatic rings. The molecule has 1 rings (SSSR count). The maximum absolute atomic E-state index is 12.4. The lowest BCUT2D eigenvalue weighted by Gasteiger charge is -2.29. The number of aliphatic hydroxyl groups excluding tert-OH is 1. The highest BCUT2D eigenvalue weighted by Gasteiger charge is 2.40. The van der Waals surface area contributed by atoms with Crippen molar-refractivity contribution in [2.24, 2.45) is 0 Å². The number of hydrogen-bond donors (Lipinski definition) is 4. The molecule has 11 nitrogen and oxygen atoms in total. The molecule has 11 heteroatoms. The molecular weight excluding hydrogens is 424 g/mol. The summed E-state index contributed by atoms with van der Waals surface area (Å²) in [5.74, 6) is -1.02. The van der Waals surface area contributed by atoms with E-state index in [9.17, 15) is 24.6 Å². The summed E-state index contributed by atoms with van der Waals surface area (Å²) in [6.45, 7) is 5.96. The van der Waals surface area contributed by atoms with Crippen LogP contribution in [0.4, 0.5) is 4.79 Å². The Hall–Kier alpha value is -3.21. The second kappa shape index (κ2) is 10.9. The zero-order valence-corrected chi connectivity index (χ0v) is 19.4.